The molecular weight excluding hydrogens is 192 g/mol. The number of benzene rings is 1. The number of hydrogen-bond acceptors (Lipinski definition) is 0. The first-order chi connectivity index (χ1) is 7.95. The molecule has 1 aliphatic rings. The average Bonchev–Trinajstić information content (AvgIpc) is 2.37. The molecule has 0 aliphatic heterocycles. The summed E-state index contributed by atoms with van der Waals surface area (Å²) in [6, 6.07) is 10.8. The highest BCUT2D eigenvalue weighted by Gasteiger charge is 2.09. The van der Waals surface area contributed by atoms with E-state index in [1.807, 2.05) is 0 Å². The van der Waals surface area contributed by atoms with Crippen molar-refractivity contribution in [2.24, 2.45) is 5.92 Å². The monoisotopic (exact) mass is 214 g/mol. The van der Waals surface area contributed by atoms with Gasteiger partial charge in [-0.25, -0.2) is 0 Å². The minimum absolute atomic E-state index is 0.879. The average molecular weight is 214 g/mol. The van der Waals surface area contributed by atoms with Crippen LogP contribution in [0.5, 0.6) is 0 Å². The van der Waals surface area contributed by atoms with E-state index in [0.717, 1.165) is 5.92 Å². The van der Waals surface area contributed by atoms with Gasteiger partial charge >= 0.3 is 0 Å². The Labute approximate surface area is 99.4 Å². The third-order valence-corrected chi connectivity index (χ3v) is 3.50. The van der Waals surface area contributed by atoms with Crippen LogP contribution >= 0.6 is 0 Å². The van der Waals surface area contributed by atoms with Gasteiger partial charge in [0.05, 0.1) is 0 Å². The third-order valence-electron chi connectivity index (χ3n) is 3.50. The fourth-order valence-corrected chi connectivity index (χ4v) is 2.51. The maximum Gasteiger partial charge on any atom is -0.0234 e. The molecule has 1 aliphatic carbocycles. The first-order valence-corrected chi connectivity index (χ1v) is 6.66. The second-order valence-electron chi connectivity index (χ2n) is 4.85. The Bertz CT molecular complexity index is 304. The predicted molar refractivity (Wildman–Crippen MR) is 70.5 cm³/mol. The van der Waals surface area contributed by atoms with Crippen LogP contribution < -0.4 is 0 Å². The van der Waals surface area contributed by atoms with E-state index < -0.39 is 0 Å². The van der Waals surface area contributed by atoms with Gasteiger partial charge in [0.15, 0.2) is 0 Å². The van der Waals surface area contributed by atoms with Crippen molar-refractivity contribution in [1.82, 2.24) is 0 Å². The van der Waals surface area contributed by atoms with Crippen molar-refractivity contribution < 1.29 is 0 Å². The third kappa shape index (κ3) is 3.84. The lowest BCUT2D eigenvalue weighted by atomic mass is 9.89. The molecule has 0 amide bonds. The van der Waals surface area contributed by atoms with E-state index in [0.29, 0.717) is 0 Å². The molecule has 0 saturated heterocycles. The van der Waals surface area contributed by atoms with Gasteiger partial charge in [0.25, 0.3) is 0 Å². The van der Waals surface area contributed by atoms with E-state index in [1.54, 1.807) is 0 Å². The summed E-state index contributed by atoms with van der Waals surface area (Å²) in [5.41, 5.74) is 1.45. The van der Waals surface area contributed by atoms with Crippen LogP contribution in [0.2, 0.25) is 0 Å². The van der Waals surface area contributed by atoms with Gasteiger partial charge in [-0.1, -0.05) is 61.7 Å². The SMILES string of the molecule is C(=C\C1CCCCC1)/CCc1ccccc1. The van der Waals surface area contributed by atoms with Crippen LogP contribution in [0, 0.1) is 5.92 Å². The molecule has 16 heavy (non-hydrogen) atoms. The summed E-state index contributed by atoms with van der Waals surface area (Å²) in [6.45, 7) is 0. The second kappa shape index (κ2) is 6.52. The Kier molecular flexibility index (Phi) is 4.67. The molecule has 86 valence electrons. The molecule has 0 unspecified atom stereocenters. The van der Waals surface area contributed by atoms with Gasteiger partial charge in [0.1, 0.15) is 0 Å². The molecular formula is C16H22. The molecule has 2 rings (SSSR count). The molecule has 1 fully saturated rings. The van der Waals surface area contributed by atoms with E-state index in [1.165, 1.54) is 50.5 Å². The van der Waals surface area contributed by atoms with Crippen molar-refractivity contribution in [3.63, 3.8) is 0 Å². The van der Waals surface area contributed by atoms with Crippen LogP contribution in [-0.2, 0) is 6.42 Å². The van der Waals surface area contributed by atoms with Crippen LogP contribution in [0.1, 0.15) is 44.1 Å². The molecule has 0 heteroatoms. The molecule has 1 saturated carbocycles. The van der Waals surface area contributed by atoms with Crippen molar-refractivity contribution in [2.75, 3.05) is 0 Å². The molecule has 0 atom stereocenters. The molecule has 0 heterocycles. The fourth-order valence-electron chi connectivity index (χ4n) is 2.51. The first kappa shape index (κ1) is 11.4. The van der Waals surface area contributed by atoms with Gasteiger partial charge < -0.3 is 0 Å². The van der Waals surface area contributed by atoms with Gasteiger partial charge in [-0.05, 0) is 37.2 Å². The van der Waals surface area contributed by atoms with Crippen LogP contribution in [0.3, 0.4) is 0 Å². The zero-order chi connectivity index (χ0) is 11.1. The molecule has 0 N–H and O–H groups in total. The topological polar surface area (TPSA) is 0 Å². The highest BCUT2D eigenvalue weighted by atomic mass is 14.1. The molecule has 0 aromatic heterocycles. The van der Waals surface area contributed by atoms with Gasteiger partial charge in [-0.2, -0.15) is 0 Å². The highest BCUT2D eigenvalue weighted by Crippen LogP contribution is 2.24. The van der Waals surface area contributed by atoms with Crippen LogP contribution in [-0.4, -0.2) is 0 Å². The van der Waals surface area contributed by atoms with Crippen LogP contribution in [0.4, 0.5) is 0 Å². The minimum Gasteiger partial charge on any atom is -0.0879 e. The number of allylic oxidation sites excluding steroid dienone is 2. The van der Waals surface area contributed by atoms with Crippen molar-refractivity contribution in [3.05, 3.63) is 48.0 Å². The maximum atomic E-state index is 2.46. The smallest absolute Gasteiger partial charge is 0.0234 e. The zero-order valence-corrected chi connectivity index (χ0v) is 10.1. The van der Waals surface area contributed by atoms with Gasteiger partial charge in [-0.15, -0.1) is 0 Å². The Morgan fingerprint density at radius 2 is 1.75 bits per heavy atom. The number of hydrogen-bond donors (Lipinski definition) is 0. The lowest BCUT2D eigenvalue weighted by Crippen LogP contribution is -2.02. The lowest BCUT2D eigenvalue weighted by Gasteiger charge is -2.17. The minimum atomic E-state index is 0.879. The van der Waals surface area contributed by atoms with E-state index >= 15 is 0 Å². The molecule has 1 aromatic carbocycles. The summed E-state index contributed by atoms with van der Waals surface area (Å²) in [7, 11) is 0. The summed E-state index contributed by atoms with van der Waals surface area (Å²) in [6.07, 6.45) is 14.4. The van der Waals surface area contributed by atoms with E-state index in [9.17, 15) is 0 Å². The molecule has 0 nitrogen and oxygen atoms in total. The van der Waals surface area contributed by atoms with E-state index in [4.69, 9.17) is 0 Å². The Morgan fingerprint density at radius 3 is 2.50 bits per heavy atom. The van der Waals surface area contributed by atoms with Crippen molar-refractivity contribution in [1.29, 1.82) is 0 Å². The van der Waals surface area contributed by atoms with Crippen LogP contribution in [0.15, 0.2) is 42.5 Å². The number of aryl methyl sites for hydroxylation is 1. The Morgan fingerprint density at radius 1 is 1.00 bits per heavy atom. The van der Waals surface area contributed by atoms with E-state index in [2.05, 4.69) is 42.5 Å². The summed E-state index contributed by atoms with van der Waals surface area (Å²) < 4.78 is 0. The highest BCUT2D eigenvalue weighted by molar-refractivity contribution is 5.15. The largest absolute Gasteiger partial charge is 0.0879 e. The molecule has 0 spiro atoms. The lowest BCUT2D eigenvalue weighted by molar-refractivity contribution is 0.419. The van der Waals surface area contributed by atoms with Gasteiger partial charge in [-0.3, -0.25) is 0 Å². The normalized spacial score (nSPS) is 18.0. The van der Waals surface area contributed by atoms with Gasteiger partial charge in [0.2, 0.25) is 0 Å². The van der Waals surface area contributed by atoms with Crippen molar-refractivity contribution in [3.8, 4) is 0 Å². The van der Waals surface area contributed by atoms with Crippen LogP contribution in [0.25, 0.3) is 0 Å². The fraction of sp³-hybridized carbons (Fsp3) is 0.500. The molecule has 0 bridgehead atoms. The Hall–Kier alpha value is -1.04. The molecule has 1 aromatic rings. The quantitative estimate of drug-likeness (QED) is 0.634. The Balaban J connectivity index is 1.69. The maximum absolute atomic E-state index is 2.46. The summed E-state index contributed by atoms with van der Waals surface area (Å²) >= 11 is 0. The first-order valence-electron chi connectivity index (χ1n) is 6.66. The summed E-state index contributed by atoms with van der Waals surface area (Å²) in [5.74, 6) is 0.879. The predicted octanol–water partition coefficient (Wildman–Crippen LogP) is 4.76. The summed E-state index contributed by atoms with van der Waals surface area (Å²) in [5, 5.41) is 0. The van der Waals surface area contributed by atoms with Crippen molar-refractivity contribution in [2.45, 2.75) is 44.9 Å². The standard InChI is InChI=1S/C16H22/c1-3-9-15(10-4-1)13-7-8-14-16-11-5-2-6-12-16/h1,3-4,8-10,14,16H,2,5-7,11-13H2/b14-8+. The van der Waals surface area contributed by atoms with E-state index in [-0.39, 0.29) is 0 Å². The summed E-state index contributed by atoms with van der Waals surface area (Å²) in [4.78, 5) is 0. The van der Waals surface area contributed by atoms with Crippen molar-refractivity contribution >= 4 is 0 Å². The molecule has 0 radical (unpaired) electrons. The second-order valence-corrected chi connectivity index (χ2v) is 4.85. The van der Waals surface area contributed by atoms with Gasteiger partial charge in [0, 0.05) is 0 Å². The zero-order valence-electron chi connectivity index (χ0n) is 10.1. The number of rotatable bonds is 4.